The molecule has 0 bridgehead atoms. The van der Waals surface area contributed by atoms with Crippen LogP contribution in [0.2, 0.25) is 0 Å². The zero-order valence-electron chi connectivity index (χ0n) is 12.2. The molecule has 2 rings (SSSR count). The second-order valence-electron chi connectivity index (χ2n) is 5.34. The molecule has 2 amide bonds. The fourth-order valence-electron chi connectivity index (χ4n) is 2.67. The van der Waals surface area contributed by atoms with Gasteiger partial charge in [-0.3, -0.25) is 9.59 Å². The lowest BCUT2D eigenvalue weighted by molar-refractivity contribution is -0.144. The predicted molar refractivity (Wildman–Crippen MR) is 77.9 cm³/mol. The standard InChI is InChI=1S/C16H22N2O2/c1-3-18-10-9-14(11-15(18)19)16(20)17(2)12-13-7-5-4-6-8-13/h4-8,14H,3,9-12H2,1-2H3. The molecule has 4 heteroatoms. The zero-order valence-corrected chi connectivity index (χ0v) is 12.2. The first kappa shape index (κ1) is 14.6. The van der Waals surface area contributed by atoms with E-state index in [1.54, 1.807) is 4.90 Å². The number of benzene rings is 1. The van der Waals surface area contributed by atoms with Crippen molar-refractivity contribution in [2.45, 2.75) is 26.3 Å². The van der Waals surface area contributed by atoms with Crippen molar-refractivity contribution in [3.8, 4) is 0 Å². The van der Waals surface area contributed by atoms with E-state index in [1.165, 1.54) is 0 Å². The van der Waals surface area contributed by atoms with Gasteiger partial charge < -0.3 is 9.80 Å². The van der Waals surface area contributed by atoms with Crippen LogP contribution in [0.1, 0.15) is 25.3 Å². The molecule has 1 aliphatic heterocycles. The van der Waals surface area contributed by atoms with Crippen LogP contribution in [0.25, 0.3) is 0 Å². The molecule has 1 aliphatic rings. The monoisotopic (exact) mass is 274 g/mol. The van der Waals surface area contributed by atoms with Gasteiger partial charge >= 0.3 is 0 Å². The Labute approximate surface area is 120 Å². The lowest BCUT2D eigenvalue weighted by atomic mass is 9.94. The Hall–Kier alpha value is -1.84. The van der Waals surface area contributed by atoms with Crippen LogP contribution in [0.5, 0.6) is 0 Å². The first-order valence-electron chi connectivity index (χ1n) is 7.18. The van der Waals surface area contributed by atoms with Crippen molar-refractivity contribution in [3.63, 3.8) is 0 Å². The molecular weight excluding hydrogens is 252 g/mol. The number of hydrogen-bond donors (Lipinski definition) is 0. The van der Waals surface area contributed by atoms with E-state index in [4.69, 9.17) is 0 Å². The molecule has 1 saturated heterocycles. The SMILES string of the molecule is CCN1CCC(C(=O)N(C)Cc2ccccc2)CC1=O. The number of carbonyl (C=O) groups is 2. The van der Waals surface area contributed by atoms with Crippen LogP contribution in [-0.2, 0) is 16.1 Å². The third-order valence-corrected chi connectivity index (χ3v) is 3.89. The van der Waals surface area contributed by atoms with Gasteiger partial charge in [-0.1, -0.05) is 30.3 Å². The van der Waals surface area contributed by atoms with Crippen LogP contribution in [-0.4, -0.2) is 41.8 Å². The summed E-state index contributed by atoms with van der Waals surface area (Å²) in [5, 5.41) is 0. The Morgan fingerprint density at radius 3 is 2.65 bits per heavy atom. The molecular formula is C16H22N2O2. The third kappa shape index (κ3) is 3.38. The summed E-state index contributed by atoms with van der Waals surface area (Å²) in [7, 11) is 1.81. The molecule has 20 heavy (non-hydrogen) atoms. The molecule has 4 nitrogen and oxygen atoms in total. The Bertz CT molecular complexity index is 473. The minimum atomic E-state index is -0.154. The van der Waals surface area contributed by atoms with Gasteiger partial charge in [-0.15, -0.1) is 0 Å². The molecule has 1 aromatic carbocycles. The number of piperidine rings is 1. The highest BCUT2D eigenvalue weighted by Gasteiger charge is 2.31. The minimum absolute atomic E-state index is 0.0814. The Balaban J connectivity index is 1.93. The number of rotatable bonds is 4. The van der Waals surface area contributed by atoms with E-state index in [2.05, 4.69) is 0 Å². The lowest BCUT2D eigenvalue weighted by Crippen LogP contribution is -2.44. The maximum Gasteiger partial charge on any atom is 0.226 e. The summed E-state index contributed by atoms with van der Waals surface area (Å²) in [6, 6.07) is 9.92. The van der Waals surface area contributed by atoms with E-state index >= 15 is 0 Å². The van der Waals surface area contributed by atoms with E-state index in [1.807, 2.05) is 49.2 Å². The maximum absolute atomic E-state index is 12.4. The van der Waals surface area contributed by atoms with Crippen LogP contribution < -0.4 is 0 Å². The number of nitrogens with zero attached hydrogens (tertiary/aromatic N) is 2. The molecule has 0 aliphatic carbocycles. The summed E-state index contributed by atoms with van der Waals surface area (Å²) in [4.78, 5) is 27.8. The average molecular weight is 274 g/mol. The summed E-state index contributed by atoms with van der Waals surface area (Å²) in [5.41, 5.74) is 1.11. The van der Waals surface area contributed by atoms with Crippen molar-refractivity contribution >= 4 is 11.8 Å². The van der Waals surface area contributed by atoms with Crippen LogP contribution in [0, 0.1) is 5.92 Å². The van der Waals surface area contributed by atoms with Gasteiger partial charge in [0.15, 0.2) is 0 Å². The van der Waals surface area contributed by atoms with Gasteiger partial charge in [-0.25, -0.2) is 0 Å². The first-order chi connectivity index (χ1) is 9.61. The molecule has 0 spiro atoms. The highest BCUT2D eigenvalue weighted by molar-refractivity contribution is 5.86. The molecule has 1 unspecified atom stereocenters. The first-order valence-corrected chi connectivity index (χ1v) is 7.18. The zero-order chi connectivity index (χ0) is 14.5. The fraction of sp³-hybridized carbons (Fsp3) is 0.500. The van der Waals surface area contributed by atoms with Gasteiger partial charge in [0.25, 0.3) is 0 Å². The number of hydrogen-bond acceptors (Lipinski definition) is 2. The topological polar surface area (TPSA) is 40.6 Å². The number of carbonyl (C=O) groups excluding carboxylic acids is 2. The highest BCUT2D eigenvalue weighted by atomic mass is 16.2. The summed E-state index contributed by atoms with van der Waals surface area (Å²) in [5.74, 6) is 0.0298. The third-order valence-electron chi connectivity index (χ3n) is 3.89. The Morgan fingerprint density at radius 1 is 1.35 bits per heavy atom. The molecule has 1 atom stereocenters. The van der Waals surface area contributed by atoms with E-state index in [0.29, 0.717) is 19.5 Å². The smallest absolute Gasteiger partial charge is 0.226 e. The maximum atomic E-state index is 12.4. The molecule has 0 saturated carbocycles. The molecule has 0 aromatic heterocycles. The Morgan fingerprint density at radius 2 is 2.05 bits per heavy atom. The molecule has 0 N–H and O–H groups in total. The Kier molecular flexibility index (Phi) is 4.77. The highest BCUT2D eigenvalue weighted by Crippen LogP contribution is 2.20. The predicted octanol–water partition coefficient (Wildman–Crippen LogP) is 1.90. The summed E-state index contributed by atoms with van der Waals surface area (Å²) >= 11 is 0. The van der Waals surface area contributed by atoms with E-state index in [0.717, 1.165) is 18.5 Å². The molecule has 1 heterocycles. The largest absolute Gasteiger partial charge is 0.343 e. The quantitative estimate of drug-likeness (QED) is 0.841. The van der Waals surface area contributed by atoms with Gasteiger partial charge in [-0.05, 0) is 18.9 Å². The van der Waals surface area contributed by atoms with Crippen LogP contribution in [0.15, 0.2) is 30.3 Å². The van der Waals surface area contributed by atoms with Crippen LogP contribution in [0.3, 0.4) is 0 Å². The lowest BCUT2D eigenvalue weighted by Gasteiger charge is -2.32. The second kappa shape index (κ2) is 6.55. The van der Waals surface area contributed by atoms with Crippen LogP contribution >= 0.6 is 0 Å². The average Bonchev–Trinajstić information content (AvgIpc) is 2.47. The molecule has 1 aromatic rings. The molecule has 108 valence electrons. The van der Waals surface area contributed by atoms with E-state index in [9.17, 15) is 9.59 Å². The van der Waals surface area contributed by atoms with Gasteiger partial charge in [0, 0.05) is 39.0 Å². The molecule has 1 fully saturated rings. The van der Waals surface area contributed by atoms with Gasteiger partial charge in [0.05, 0.1) is 0 Å². The van der Waals surface area contributed by atoms with Crippen molar-refractivity contribution in [1.82, 2.24) is 9.80 Å². The van der Waals surface area contributed by atoms with Gasteiger partial charge in [0.1, 0.15) is 0 Å². The van der Waals surface area contributed by atoms with Crippen molar-refractivity contribution in [1.29, 1.82) is 0 Å². The van der Waals surface area contributed by atoms with Crippen LogP contribution in [0.4, 0.5) is 0 Å². The summed E-state index contributed by atoms with van der Waals surface area (Å²) in [6.45, 7) is 4.01. The summed E-state index contributed by atoms with van der Waals surface area (Å²) in [6.07, 6.45) is 1.13. The van der Waals surface area contributed by atoms with Crippen molar-refractivity contribution in [2.75, 3.05) is 20.1 Å². The fourth-order valence-corrected chi connectivity index (χ4v) is 2.67. The summed E-state index contributed by atoms with van der Waals surface area (Å²) < 4.78 is 0. The van der Waals surface area contributed by atoms with Gasteiger partial charge in [-0.2, -0.15) is 0 Å². The number of likely N-dealkylation sites (tertiary alicyclic amines) is 1. The van der Waals surface area contributed by atoms with E-state index < -0.39 is 0 Å². The normalized spacial score (nSPS) is 19.0. The second-order valence-corrected chi connectivity index (χ2v) is 5.34. The van der Waals surface area contributed by atoms with Crippen molar-refractivity contribution in [3.05, 3.63) is 35.9 Å². The minimum Gasteiger partial charge on any atom is -0.343 e. The van der Waals surface area contributed by atoms with Gasteiger partial charge in [0.2, 0.25) is 11.8 Å². The van der Waals surface area contributed by atoms with Crippen molar-refractivity contribution in [2.24, 2.45) is 5.92 Å². The van der Waals surface area contributed by atoms with E-state index in [-0.39, 0.29) is 17.7 Å². The molecule has 0 radical (unpaired) electrons. The van der Waals surface area contributed by atoms with Crippen molar-refractivity contribution < 1.29 is 9.59 Å². The number of amides is 2.